The largest absolute Gasteiger partial charge is 0.372 e. The molecule has 0 aliphatic carbocycles. The van der Waals surface area contributed by atoms with E-state index < -0.39 is 0 Å². The molecule has 1 rings (SSSR count). The molecule has 1 aliphatic heterocycles. The van der Waals surface area contributed by atoms with Crippen LogP contribution in [0.25, 0.3) is 0 Å². The van der Waals surface area contributed by atoms with Crippen molar-refractivity contribution in [2.24, 2.45) is 0 Å². The van der Waals surface area contributed by atoms with Crippen LogP contribution in [-0.2, 0) is 9.53 Å². The summed E-state index contributed by atoms with van der Waals surface area (Å²) in [6, 6.07) is 0.373. The summed E-state index contributed by atoms with van der Waals surface area (Å²) in [5.74, 6) is 0.0725. The van der Waals surface area contributed by atoms with Crippen LogP contribution in [0.4, 0.5) is 0 Å². The zero-order valence-electron chi connectivity index (χ0n) is 7.67. The second kappa shape index (κ2) is 4.42. The molecule has 4 nitrogen and oxygen atoms in total. The van der Waals surface area contributed by atoms with Gasteiger partial charge in [-0.1, -0.05) is 0 Å². The van der Waals surface area contributed by atoms with Gasteiger partial charge in [0.05, 0.1) is 6.04 Å². The second-order valence-corrected chi connectivity index (χ2v) is 2.95. The highest BCUT2D eigenvalue weighted by Crippen LogP contribution is 2.01. The van der Waals surface area contributed by atoms with Crippen molar-refractivity contribution in [3.05, 3.63) is 0 Å². The Morgan fingerprint density at radius 3 is 2.75 bits per heavy atom. The number of likely N-dealkylation sites (N-methyl/N-ethyl adjacent to an activating group) is 1. The second-order valence-electron chi connectivity index (χ2n) is 2.95. The maximum Gasteiger partial charge on any atom is 0.248 e. The molecule has 0 unspecified atom stereocenters. The highest BCUT2D eigenvalue weighted by Gasteiger charge is 2.24. The topological polar surface area (TPSA) is 41.6 Å². The molecule has 0 radical (unpaired) electrons. The Morgan fingerprint density at radius 2 is 2.33 bits per heavy atom. The molecule has 0 spiro atoms. The number of hydrogen-bond donors (Lipinski definition) is 1. The first-order chi connectivity index (χ1) is 5.75. The summed E-state index contributed by atoms with van der Waals surface area (Å²) < 4.78 is 5.02. The average molecular weight is 172 g/mol. The van der Waals surface area contributed by atoms with Gasteiger partial charge < -0.3 is 15.0 Å². The number of amides is 1. The van der Waals surface area contributed by atoms with Crippen LogP contribution >= 0.6 is 0 Å². The fourth-order valence-electron chi connectivity index (χ4n) is 1.04. The Morgan fingerprint density at radius 1 is 1.67 bits per heavy atom. The van der Waals surface area contributed by atoms with Crippen LogP contribution in [0.15, 0.2) is 0 Å². The van der Waals surface area contributed by atoms with Gasteiger partial charge in [-0.25, -0.2) is 0 Å². The van der Waals surface area contributed by atoms with Gasteiger partial charge in [0.15, 0.2) is 0 Å². The van der Waals surface area contributed by atoms with E-state index in [9.17, 15) is 4.79 Å². The molecule has 4 heteroatoms. The van der Waals surface area contributed by atoms with Crippen LogP contribution in [0.2, 0.25) is 0 Å². The van der Waals surface area contributed by atoms with Crippen molar-refractivity contribution >= 4 is 5.91 Å². The number of nitrogens with one attached hydrogen (secondary N) is 1. The minimum Gasteiger partial charge on any atom is -0.372 e. The van der Waals surface area contributed by atoms with Gasteiger partial charge in [-0.2, -0.15) is 0 Å². The fourth-order valence-corrected chi connectivity index (χ4v) is 1.04. The number of carbonyl (C=O) groups excluding carboxylic acids is 1. The number of carbonyl (C=O) groups is 1. The lowest BCUT2D eigenvalue weighted by molar-refractivity contribution is -0.137. The zero-order chi connectivity index (χ0) is 8.97. The minimum atomic E-state index is 0.0725. The Bertz CT molecular complexity index is 157. The van der Waals surface area contributed by atoms with Crippen LogP contribution in [0, 0.1) is 0 Å². The third-order valence-corrected chi connectivity index (χ3v) is 2.13. The van der Waals surface area contributed by atoms with E-state index in [1.807, 2.05) is 14.0 Å². The average Bonchev–Trinajstić information content (AvgIpc) is 1.96. The lowest BCUT2D eigenvalue weighted by Crippen LogP contribution is -2.58. The van der Waals surface area contributed by atoms with Crippen molar-refractivity contribution in [1.29, 1.82) is 0 Å². The Kier molecular flexibility index (Phi) is 3.49. The van der Waals surface area contributed by atoms with E-state index in [4.69, 9.17) is 4.74 Å². The van der Waals surface area contributed by atoms with E-state index in [1.54, 1.807) is 4.90 Å². The monoisotopic (exact) mass is 172 g/mol. The van der Waals surface area contributed by atoms with Crippen LogP contribution in [-0.4, -0.2) is 50.2 Å². The van der Waals surface area contributed by atoms with E-state index >= 15 is 0 Å². The summed E-state index contributed by atoms with van der Waals surface area (Å²) in [6.07, 6.45) is 0. The molecule has 1 saturated heterocycles. The van der Waals surface area contributed by atoms with Crippen LogP contribution in [0.3, 0.4) is 0 Å². The molecule has 1 fully saturated rings. The van der Waals surface area contributed by atoms with Crippen molar-refractivity contribution in [3.8, 4) is 0 Å². The number of nitrogens with zero attached hydrogens (tertiary/aromatic N) is 1. The number of rotatable bonds is 4. The third-order valence-electron chi connectivity index (χ3n) is 2.13. The van der Waals surface area contributed by atoms with Gasteiger partial charge in [0.1, 0.15) is 6.61 Å². The highest BCUT2D eigenvalue weighted by molar-refractivity contribution is 5.77. The number of ether oxygens (including phenoxy) is 1. The van der Waals surface area contributed by atoms with Gasteiger partial charge in [0, 0.05) is 26.7 Å². The molecule has 0 aromatic carbocycles. The summed E-state index contributed by atoms with van der Waals surface area (Å²) in [7, 11) is 1.83. The summed E-state index contributed by atoms with van der Waals surface area (Å²) in [5.41, 5.74) is 0. The maximum atomic E-state index is 11.3. The molecule has 0 saturated carbocycles. The van der Waals surface area contributed by atoms with E-state index in [0.717, 1.165) is 13.1 Å². The van der Waals surface area contributed by atoms with Gasteiger partial charge in [-0.3, -0.25) is 4.79 Å². The molecule has 1 aliphatic rings. The molecule has 1 heterocycles. The van der Waals surface area contributed by atoms with Gasteiger partial charge in [-0.05, 0) is 6.92 Å². The maximum absolute atomic E-state index is 11.3. The molecular weight excluding hydrogens is 156 g/mol. The van der Waals surface area contributed by atoms with Gasteiger partial charge >= 0.3 is 0 Å². The molecule has 0 bridgehead atoms. The highest BCUT2D eigenvalue weighted by atomic mass is 16.5. The van der Waals surface area contributed by atoms with Gasteiger partial charge in [0.2, 0.25) is 5.91 Å². The van der Waals surface area contributed by atoms with Gasteiger partial charge in [-0.15, -0.1) is 0 Å². The molecule has 0 aromatic rings. The third kappa shape index (κ3) is 2.19. The van der Waals surface area contributed by atoms with Crippen molar-refractivity contribution in [1.82, 2.24) is 10.2 Å². The smallest absolute Gasteiger partial charge is 0.248 e. The van der Waals surface area contributed by atoms with E-state index in [-0.39, 0.29) is 12.5 Å². The van der Waals surface area contributed by atoms with E-state index in [1.165, 1.54) is 0 Å². The van der Waals surface area contributed by atoms with Crippen molar-refractivity contribution in [2.45, 2.75) is 13.0 Å². The zero-order valence-corrected chi connectivity index (χ0v) is 7.67. The lowest BCUT2D eigenvalue weighted by Gasteiger charge is -2.35. The van der Waals surface area contributed by atoms with Crippen molar-refractivity contribution in [3.63, 3.8) is 0 Å². The molecule has 0 atom stereocenters. The predicted molar refractivity (Wildman–Crippen MR) is 45.9 cm³/mol. The summed E-state index contributed by atoms with van der Waals surface area (Å²) in [5, 5.41) is 3.12. The Hall–Kier alpha value is -0.610. The lowest BCUT2D eigenvalue weighted by atomic mass is 10.1. The standard InChI is InChI=1S/C8H16N2O2/c1-3-12-6-8(11)10(2)7-4-9-5-7/h7,9H,3-6H2,1-2H3. The molecule has 0 aromatic heterocycles. The van der Waals surface area contributed by atoms with Crippen molar-refractivity contribution in [2.75, 3.05) is 33.4 Å². The quantitative estimate of drug-likeness (QED) is 0.619. The molecule has 70 valence electrons. The summed E-state index contributed by atoms with van der Waals surface area (Å²) >= 11 is 0. The normalized spacial score (nSPS) is 17.2. The van der Waals surface area contributed by atoms with E-state index in [0.29, 0.717) is 12.6 Å². The van der Waals surface area contributed by atoms with Crippen LogP contribution < -0.4 is 5.32 Å². The molecule has 12 heavy (non-hydrogen) atoms. The summed E-state index contributed by atoms with van der Waals surface area (Å²) in [6.45, 7) is 4.52. The molecule has 1 N–H and O–H groups in total. The predicted octanol–water partition coefficient (Wildman–Crippen LogP) is -0.547. The van der Waals surface area contributed by atoms with Crippen molar-refractivity contribution < 1.29 is 9.53 Å². The first-order valence-corrected chi connectivity index (χ1v) is 4.29. The van der Waals surface area contributed by atoms with Crippen LogP contribution in [0.5, 0.6) is 0 Å². The first-order valence-electron chi connectivity index (χ1n) is 4.29. The SMILES string of the molecule is CCOCC(=O)N(C)C1CNC1. The fraction of sp³-hybridized carbons (Fsp3) is 0.875. The van der Waals surface area contributed by atoms with Crippen LogP contribution in [0.1, 0.15) is 6.92 Å². The summed E-state index contributed by atoms with van der Waals surface area (Å²) in [4.78, 5) is 13.1. The first kappa shape index (κ1) is 9.48. The molecular formula is C8H16N2O2. The minimum absolute atomic E-state index is 0.0725. The number of hydrogen-bond acceptors (Lipinski definition) is 3. The van der Waals surface area contributed by atoms with E-state index in [2.05, 4.69) is 5.32 Å². The van der Waals surface area contributed by atoms with Gasteiger partial charge in [0.25, 0.3) is 0 Å². The molecule has 1 amide bonds. The Labute approximate surface area is 72.9 Å². The Balaban J connectivity index is 2.20.